The van der Waals surface area contributed by atoms with Crippen LogP contribution in [0.3, 0.4) is 0 Å². The van der Waals surface area contributed by atoms with Gasteiger partial charge in [0.1, 0.15) is 0 Å². The maximum absolute atomic E-state index is 10.6. The van der Waals surface area contributed by atoms with E-state index in [-0.39, 0.29) is 6.61 Å². The minimum absolute atomic E-state index is 0.235. The number of hydrazine groups is 1. The van der Waals surface area contributed by atoms with Crippen LogP contribution in [0.2, 0.25) is 0 Å². The highest BCUT2D eigenvalue weighted by Crippen LogP contribution is 1.71. The number of carbonyl (C=O) groups excluding carboxylic acids is 2. The summed E-state index contributed by atoms with van der Waals surface area (Å²) in [6, 6.07) is -0.749. The Morgan fingerprint density at radius 2 is 2.17 bits per heavy atom. The summed E-state index contributed by atoms with van der Waals surface area (Å²) in [5.41, 5.74) is 3.94. The monoisotopic (exact) mass is 171 g/mol. The van der Waals surface area contributed by atoms with Crippen LogP contribution in [0.15, 0.2) is 17.1 Å². The zero-order valence-corrected chi connectivity index (χ0v) is 6.28. The first-order chi connectivity index (χ1) is 5.70. The van der Waals surface area contributed by atoms with E-state index in [1.807, 2.05) is 10.9 Å². The summed E-state index contributed by atoms with van der Waals surface area (Å²) in [4.78, 5) is 24.0. The summed E-state index contributed by atoms with van der Waals surface area (Å²) >= 11 is 0. The number of rotatable bonds is 2. The van der Waals surface area contributed by atoms with Crippen molar-refractivity contribution in [1.82, 2.24) is 10.9 Å². The second-order valence-corrected chi connectivity index (χ2v) is 1.66. The fraction of sp³-hybridized carbons (Fsp3) is 0.167. The van der Waals surface area contributed by atoms with Crippen molar-refractivity contribution >= 4 is 18.7 Å². The van der Waals surface area contributed by atoms with Crippen molar-refractivity contribution in [2.75, 3.05) is 6.61 Å². The molecule has 0 atom stereocenters. The standard InChI is InChI=1S/C6H9N3O3/c1-7-6(12)9-8-5(11)3-2-4-10/h2-3,10H,1,4H2,(H,8,11)(H,9,12). The van der Waals surface area contributed by atoms with E-state index < -0.39 is 11.9 Å². The van der Waals surface area contributed by atoms with Crippen molar-refractivity contribution in [3.63, 3.8) is 0 Å². The average molecular weight is 171 g/mol. The first-order valence-corrected chi connectivity index (χ1v) is 3.04. The Bertz CT molecular complexity index is 212. The Labute approximate surface area is 69.0 Å². The normalized spacial score (nSPS) is 9.42. The molecule has 0 aromatic heterocycles. The molecule has 66 valence electrons. The molecule has 0 fully saturated rings. The van der Waals surface area contributed by atoms with Crippen LogP contribution in [-0.4, -0.2) is 30.4 Å². The Hall–Kier alpha value is -1.69. The lowest BCUT2D eigenvalue weighted by atomic mass is 10.5. The first kappa shape index (κ1) is 10.3. The molecule has 0 heterocycles. The highest BCUT2D eigenvalue weighted by Gasteiger charge is 1.96. The average Bonchev–Trinajstić information content (AvgIpc) is 2.10. The van der Waals surface area contributed by atoms with Gasteiger partial charge in [0.2, 0.25) is 0 Å². The number of aliphatic imine (C=N–C) groups is 1. The number of aliphatic hydroxyl groups excluding tert-OH is 1. The number of hydrogen-bond donors (Lipinski definition) is 3. The highest BCUT2D eigenvalue weighted by atomic mass is 16.2. The van der Waals surface area contributed by atoms with Crippen LogP contribution < -0.4 is 10.9 Å². The molecular weight excluding hydrogens is 162 g/mol. The van der Waals surface area contributed by atoms with E-state index in [0.717, 1.165) is 6.08 Å². The molecule has 0 spiro atoms. The molecule has 0 saturated carbocycles. The minimum atomic E-state index is -0.749. The summed E-state index contributed by atoms with van der Waals surface area (Å²) in [6.07, 6.45) is 2.30. The van der Waals surface area contributed by atoms with E-state index in [1.54, 1.807) is 0 Å². The number of hydrogen-bond acceptors (Lipinski definition) is 3. The summed E-state index contributed by atoms with van der Waals surface area (Å²) in [5, 5.41) is 8.26. The van der Waals surface area contributed by atoms with E-state index in [2.05, 4.69) is 11.7 Å². The molecule has 0 bridgehead atoms. The minimum Gasteiger partial charge on any atom is -0.392 e. The Kier molecular flexibility index (Phi) is 5.20. The van der Waals surface area contributed by atoms with Crippen LogP contribution in [0.25, 0.3) is 0 Å². The molecule has 12 heavy (non-hydrogen) atoms. The molecule has 6 heteroatoms. The fourth-order valence-electron chi connectivity index (χ4n) is 0.356. The number of urea groups is 1. The van der Waals surface area contributed by atoms with Gasteiger partial charge in [-0.3, -0.25) is 10.2 Å². The lowest BCUT2D eigenvalue weighted by molar-refractivity contribution is -0.117. The first-order valence-electron chi connectivity index (χ1n) is 3.04. The van der Waals surface area contributed by atoms with Gasteiger partial charge in [-0.05, 0) is 6.72 Å². The Morgan fingerprint density at radius 1 is 1.50 bits per heavy atom. The zero-order chi connectivity index (χ0) is 9.40. The molecule has 0 aromatic rings. The number of aliphatic hydroxyl groups is 1. The van der Waals surface area contributed by atoms with E-state index >= 15 is 0 Å². The fourth-order valence-corrected chi connectivity index (χ4v) is 0.356. The molecule has 0 aromatic carbocycles. The van der Waals surface area contributed by atoms with E-state index in [4.69, 9.17) is 5.11 Å². The maximum Gasteiger partial charge on any atom is 0.358 e. The van der Waals surface area contributed by atoms with Gasteiger partial charge in [-0.25, -0.2) is 15.2 Å². The lowest BCUT2D eigenvalue weighted by Crippen LogP contribution is -2.39. The van der Waals surface area contributed by atoms with Gasteiger partial charge in [-0.2, -0.15) is 0 Å². The summed E-state index contributed by atoms with van der Waals surface area (Å²) in [5.74, 6) is -0.555. The van der Waals surface area contributed by atoms with Gasteiger partial charge in [0.25, 0.3) is 5.91 Å². The molecule has 3 amide bonds. The summed E-state index contributed by atoms with van der Waals surface area (Å²) < 4.78 is 0. The molecular formula is C6H9N3O3. The number of amides is 3. The van der Waals surface area contributed by atoms with Gasteiger partial charge in [0.05, 0.1) is 6.61 Å². The van der Waals surface area contributed by atoms with Crippen molar-refractivity contribution in [2.45, 2.75) is 0 Å². The summed E-state index contributed by atoms with van der Waals surface area (Å²) in [7, 11) is 0. The van der Waals surface area contributed by atoms with Crippen LogP contribution in [0.1, 0.15) is 0 Å². The quantitative estimate of drug-likeness (QED) is 0.282. The second kappa shape index (κ2) is 6.05. The Balaban J connectivity index is 3.64. The van der Waals surface area contributed by atoms with Crippen molar-refractivity contribution in [3.05, 3.63) is 12.2 Å². The number of nitrogens with one attached hydrogen (secondary N) is 2. The van der Waals surface area contributed by atoms with Crippen LogP contribution in [0.4, 0.5) is 4.79 Å². The lowest BCUT2D eigenvalue weighted by Gasteiger charge is -1.99. The topological polar surface area (TPSA) is 90.8 Å². The van der Waals surface area contributed by atoms with E-state index in [0.29, 0.717) is 0 Å². The molecule has 0 aliphatic carbocycles. The van der Waals surface area contributed by atoms with Gasteiger partial charge in [0.15, 0.2) is 0 Å². The maximum atomic E-state index is 10.6. The Morgan fingerprint density at radius 3 is 2.67 bits per heavy atom. The third-order valence-corrected chi connectivity index (χ3v) is 0.811. The number of nitrogens with zero attached hydrogens (tertiary/aromatic N) is 1. The second-order valence-electron chi connectivity index (χ2n) is 1.66. The molecule has 6 nitrogen and oxygen atoms in total. The molecule has 0 rings (SSSR count). The zero-order valence-electron chi connectivity index (χ0n) is 6.28. The van der Waals surface area contributed by atoms with Gasteiger partial charge in [0, 0.05) is 6.08 Å². The van der Waals surface area contributed by atoms with Crippen molar-refractivity contribution in [2.24, 2.45) is 4.99 Å². The smallest absolute Gasteiger partial charge is 0.358 e. The molecule has 0 unspecified atom stereocenters. The summed E-state index contributed by atoms with van der Waals surface area (Å²) in [6.45, 7) is 2.69. The van der Waals surface area contributed by atoms with Gasteiger partial charge < -0.3 is 5.11 Å². The van der Waals surface area contributed by atoms with Crippen molar-refractivity contribution in [1.29, 1.82) is 0 Å². The molecule has 0 radical (unpaired) electrons. The molecule has 0 saturated heterocycles. The van der Waals surface area contributed by atoms with E-state index in [1.165, 1.54) is 6.08 Å². The predicted octanol–water partition coefficient (Wildman–Crippen LogP) is -1.02. The third kappa shape index (κ3) is 5.12. The van der Waals surface area contributed by atoms with Gasteiger partial charge >= 0.3 is 6.03 Å². The SMILES string of the molecule is C=NC(=O)NNC(=O)C=CCO. The van der Waals surface area contributed by atoms with Crippen molar-refractivity contribution < 1.29 is 14.7 Å². The van der Waals surface area contributed by atoms with Gasteiger partial charge in [-0.15, -0.1) is 0 Å². The third-order valence-electron chi connectivity index (χ3n) is 0.811. The molecule has 0 aliphatic rings. The van der Waals surface area contributed by atoms with Crippen LogP contribution in [-0.2, 0) is 4.79 Å². The van der Waals surface area contributed by atoms with Crippen LogP contribution >= 0.6 is 0 Å². The molecule has 3 N–H and O–H groups in total. The van der Waals surface area contributed by atoms with E-state index in [9.17, 15) is 9.59 Å². The molecule has 0 aliphatic heterocycles. The van der Waals surface area contributed by atoms with Crippen molar-refractivity contribution in [3.8, 4) is 0 Å². The predicted molar refractivity (Wildman–Crippen MR) is 42.4 cm³/mol. The van der Waals surface area contributed by atoms with Crippen LogP contribution in [0, 0.1) is 0 Å². The van der Waals surface area contributed by atoms with Crippen LogP contribution in [0.5, 0.6) is 0 Å². The van der Waals surface area contributed by atoms with Gasteiger partial charge in [-0.1, -0.05) is 6.08 Å². The largest absolute Gasteiger partial charge is 0.392 e. The number of carbonyl (C=O) groups is 2. The highest BCUT2D eigenvalue weighted by molar-refractivity contribution is 5.89.